The normalized spacial score (nSPS) is 12.9. The van der Waals surface area contributed by atoms with Crippen LogP contribution in [-0.2, 0) is 28.8 Å². The molecule has 0 aliphatic carbocycles. The van der Waals surface area contributed by atoms with Gasteiger partial charge in [-0.15, -0.1) is 10.2 Å². The van der Waals surface area contributed by atoms with Gasteiger partial charge < -0.3 is 14.7 Å². The summed E-state index contributed by atoms with van der Waals surface area (Å²) in [5, 5.41) is 16.3. The fourth-order valence-corrected chi connectivity index (χ4v) is 6.03. The zero-order valence-corrected chi connectivity index (χ0v) is 26.9. The van der Waals surface area contributed by atoms with Crippen LogP contribution in [0.1, 0.15) is 48.5 Å². The summed E-state index contributed by atoms with van der Waals surface area (Å²) in [6.07, 6.45) is 4.83. The molecule has 0 unspecified atom stereocenters. The summed E-state index contributed by atoms with van der Waals surface area (Å²) < 4.78 is 6.37. The first kappa shape index (κ1) is 31.2. The molecule has 11 heteroatoms. The number of para-hydroxylation sites is 1. The fourth-order valence-electron chi connectivity index (χ4n) is 5.76. The highest BCUT2D eigenvalue weighted by atomic mass is 35.5. The summed E-state index contributed by atoms with van der Waals surface area (Å²) in [4.78, 5) is 27.2. The minimum Gasteiger partial charge on any atom is -0.454 e. The Morgan fingerprint density at radius 3 is 2.57 bits per heavy atom. The summed E-state index contributed by atoms with van der Waals surface area (Å²) in [6, 6.07) is 23.7. The van der Waals surface area contributed by atoms with E-state index in [1.807, 2.05) is 91.9 Å². The molecule has 3 aromatic carbocycles. The number of rotatable bonds is 13. The first-order chi connectivity index (χ1) is 22.4. The fraction of sp³-hybridized carbons (Fsp3) is 0.286. The predicted molar refractivity (Wildman–Crippen MR) is 179 cm³/mol. The van der Waals surface area contributed by atoms with Gasteiger partial charge in [0.05, 0.1) is 5.69 Å². The largest absolute Gasteiger partial charge is 0.454 e. The molecule has 0 bridgehead atoms. The standard InChI is InChI=1S/C35H37ClN8O2/c1-4-5-15-31-38-32(33(36)39-31)30(46-35(45)29(44(2)3)20-24-21-37-28-14-10-9-13-26(24)28)19-22-16-17-25(23-11-7-6-8-12-23)27(18-22)34-40-42-43-41-34/h6-14,16-18,21,29-30,37H,4-5,15,19-20H2,1-3H3,(H,38,39)(H,40,41,42,43)/t29-,30-/m1/s1. The monoisotopic (exact) mass is 636 g/mol. The molecule has 6 aromatic rings. The highest BCUT2D eigenvalue weighted by Gasteiger charge is 2.30. The molecule has 3 N–H and O–H groups in total. The van der Waals surface area contributed by atoms with Crippen LogP contribution in [0.5, 0.6) is 0 Å². The van der Waals surface area contributed by atoms with Crippen LogP contribution in [-0.4, -0.2) is 66.6 Å². The smallest absolute Gasteiger partial charge is 0.324 e. The molecule has 6 rings (SSSR count). The second-order valence-corrected chi connectivity index (χ2v) is 12.0. The van der Waals surface area contributed by atoms with Crippen molar-refractivity contribution in [3.05, 3.63) is 107 Å². The number of imidazole rings is 1. The molecule has 0 aliphatic heterocycles. The highest BCUT2D eigenvalue weighted by Crippen LogP contribution is 2.34. The van der Waals surface area contributed by atoms with E-state index in [-0.39, 0.29) is 5.97 Å². The number of unbranched alkanes of at least 4 members (excludes halogenated alkanes) is 1. The van der Waals surface area contributed by atoms with E-state index in [0.29, 0.717) is 29.5 Å². The van der Waals surface area contributed by atoms with Crippen molar-refractivity contribution in [1.82, 2.24) is 40.5 Å². The number of aromatic nitrogens is 7. The molecule has 0 saturated heterocycles. The van der Waals surface area contributed by atoms with Gasteiger partial charge in [0.15, 0.2) is 5.15 Å². The van der Waals surface area contributed by atoms with Crippen molar-refractivity contribution < 1.29 is 9.53 Å². The Hall–Kier alpha value is -4.80. The topological polar surface area (TPSA) is 128 Å². The number of ether oxygens (including phenoxy) is 1. The number of nitrogens with zero attached hydrogens (tertiary/aromatic N) is 5. The Labute approximate surface area is 272 Å². The zero-order chi connectivity index (χ0) is 32.0. The van der Waals surface area contributed by atoms with E-state index in [4.69, 9.17) is 16.3 Å². The van der Waals surface area contributed by atoms with E-state index >= 15 is 0 Å². The predicted octanol–water partition coefficient (Wildman–Crippen LogP) is 6.73. The van der Waals surface area contributed by atoms with Crippen LogP contribution in [0, 0.1) is 0 Å². The number of aromatic amines is 3. The van der Waals surface area contributed by atoms with Crippen LogP contribution in [0.25, 0.3) is 33.4 Å². The number of H-pyrrole nitrogens is 3. The van der Waals surface area contributed by atoms with E-state index in [2.05, 4.69) is 48.6 Å². The van der Waals surface area contributed by atoms with Crippen molar-refractivity contribution in [2.45, 2.75) is 51.2 Å². The average molecular weight is 637 g/mol. The molecule has 0 spiro atoms. The number of halogens is 1. The van der Waals surface area contributed by atoms with Gasteiger partial charge in [0, 0.05) is 41.9 Å². The van der Waals surface area contributed by atoms with Crippen LogP contribution in [0.15, 0.2) is 79.0 Å². The van der Waals surface area contributed by atoms with Crippen molar-refractivity contribution in [3.8, 4) is 22.5 Å². The summed E-state index contributed by atoms with van der Waals surface area (Å²) in [5.74, 6) is 0.903. The van der Waals surface area contributed by atoms with Crippen LogP contribution in [0.2, 0.25) is 5.15 Å². The molecular weight excluding hydrogens is 600 g/mol. The number of benzene rings is 3. The van der Waals surface area contributed by atoms with Crippen LogP contribution < -0.4 is 0 Å². The number of fused-ring (bicyclic) bond motifs is 1. The Kier molecular flexibility index (Phi) is 9.56. The maximum atomic E-state index is 14.0. The Balaban J connectivity index is 1.34. The number of esters is 1. The summed E-state index contributed by atoms with van der Waals surface area (Å²) in [6.45, 7) is 2.13. The molecule has 0 saturated carbocycles. The molecule has 0 radical (unpaired) electrons. The molecule has 46 heavy (non-hydrogen) atoms. The number of hydrogen-bond donors (Lipinski definition) is 3. The van der Waals surface area contributed by atoms with Crippen molar-refractivity contribution >= 4 is 28.5 Å². The lowest BCUT2D eigenvalue weighted by Gasteiger charge is -2.26. The van der Waals surface area contributed by atoms with E-state index in [1.54, 1.807) is 0 Å². The third-order valence-corrected chi connectivity index (χ3v) is 8.53. The first-order valence-corrected chi connectivity index (χ1v) is 15.9. The molecular formula is C35H37ClN8O2. The molecule has 0 aliphatic rings. The van der Waals surface area contributed by atoms with Crippen LogP contribution in [0.4, 0.5) is 0 Å². The van der Waals surface area contributed by atoms with E-state index in [1.165, 1.54) is 0 Å². The average Bonchev–Trinajstić information content (AvgIpc) is 3.83. The zero-order valence-electron chi connectivity index (χ0n) is 26.1. The summed E-state index contributed by atoms with van der Waals surface area (Å²) >= 11 is 6.73. The molecule has 3 aromatic heterocycles. The van der Waals surface area contributed by atoms with Gasteiger partial charge >= 0.3 is 5.97 Å². The number of carbonyl (C=O) groups is 1. The molecule has 0 amide bonds. The van der Waals surface area contributed by atoms with Gasteiger partial charge in [-0.2, -0.15) is 5.21 Å². The maximum absolute atomic E-state index is 14.0. The first-order valence-electron chi connectivity index (χ1n) is 15.5. The van der Waals surface area contributed by atoms with Gasteiger partial charge in [0.2, 0.25) is 5.82 Å². The van der Waals surface area contributed by atoms with Gasteiger partial charge in [-0.3, -0.25) is 9.69 Å². The molecule has 10 nitrogen and oxygen atoms in total. The Bertz CT molecular complexity index is 1900. The second-order valence-electron chi connectivity index (χ2n) is 11.6. The SMILES string of the molecule is CCCCc1nc(Cl)c([C@@H](Cc2ccc(-c3ccccc3)c(-c3nn[nH]n3)c2)OC(=O)[C@@H](Cc2c[nH]c3ccccc23)N(C)C)[nH]1. The third-order valence-electron chi connectivity index (χ3n) is 8.24. The summed E-state index contributed by atoms with van der Waals surface area (Å²) in [5.41, 5.74) is 6.38. The number of nitrogens with one attached hydrogen (secondary N) is 3. The van der Waals surface area contributed by atoms with E-state index < -0.39 is 12.1 Å². The molecule has 0 fully saturated rings. The lowest BCUT2D eigenvalue weighted by Crippen LogP contribution is -2.39. The van der Waals surface area contributed by atoms with Gasteiger partial charge in [-0.1, -0.05) is 85.6 Å². The van der Waals surface area contributed by atoms with Crippen molar-refractivity contribution in [1.29, 1.82) is 0 Å². The van der Waals surface area contributed by atoms with Gasteiger partial charge in [-0.05, 0) is 60.1 Å². The number of tetrazole rings is 1. The molecule has 236 valence electrons. The lowest BCUT2D eigenvalue weighted by molar-refractivity contribution is -0.155. The van der Waals surface area contributed by atoms with Gasteiger partial charge in [0.1, 0.15) is 18.0 Å². The number of likely N-dealkylation sites (N-methyl/N-ethyl adjacent to an activating group) is 1. The van der Waals surface area contributed by atoms with E-state index in [9.17, 15) is 4.79 Å². The Morgan fingerprint density at radius 2 is 1.80 bits per heavy atom. The highest BCUT2D eigenvalue weighted by molar-refractivity contribution is 6.30. The van der Waals surface area contributed by atoms with Gasteiger partial charge in [-0.25, -0.2) is 4.98 Å². The van der Waals surface area contributed by atoms with Crippen molar-refractivity contribution in [3.63, 3.8) is 0 Å². The van der Waals surface area contributed by atoms with E-state index in [0.717, 1.165) is 63.8 Å². The van der Waals surface area contributed by atoms with Crippen molar-refractivity contribution in [2.24, 2.45) is 0 Å². The number of carbonyl (C=O) groups excluding carboxylic acids is 1. The quantitative estimate of drug-likeness (QED) is 0.120. The molecule has 2 atom stereocenters. The molecule has 3 heterocycles. The number of hydrogen-bond acceptors (Lipinski definition) is 7. The lowest BCUT2D eigenvalue weighted by atomic mass is 9.95. The van der Waals surface area contributed by atoms with Gasteiger partial charge in [0.25, 0.3) is 0 Å². The number of aryl methyl sites for hydroxylation is 1. The second kappa shape index (κ2) is 14.1. The minimum atomic E-state index is -0.714. The van der Waals surface area contributed by atoms with Crippen molar-refractivity contribution in [2.75, 3.05) is 14.1 Å². The Morgan fingerprint density at radius 1 is 1.00 bits per heavy atom. The third kappa shape index (κ3) is 6.88. The minimum absolute atomic E-state index is 0.307. The van der Waals surface area contributed by atoms with Crippen LogP contribution in [0.3, 0.4) is 0 Å². The summed E-state index contributed by atoms with van der Waals surface area (Å²) in [7, 11) is 3.78. The van der Waals surface area contributed by atoms with Crippen LogP contribution >= 0.6 is 11.6 Å². The maximum Gasteiger partial charge on any atom is 0.324 e.